The van der Waals surface area contributed by atoms with Crippen molar-refractivity contribution in [3.8, 4) is 0 Å². The minimum absolute atomic E-state index is 0. The molecule has 18 nitrogen and oxygen atoms in total. The zero-order chi connectivity index (χ0) is 31.3. The minimum atomic E-state index is -1.17. The Morgan fingerprint density at radius 3 is 0.775 bits per heavy atom. The average Bonchev–Trinajstić information content (AvgIpc) is 2.76. The molecule has 6 amide bonds. The van der Waals surface area contributed by atoms with E-state index in [-0.39, 0.29) is 55.9 Å². The Bertz CT molecular complexity index is 800. The van der Waals surface area contributed by atoms with Gasteiger partial charge in [0, 0.05) is 57.4 Å². The van der Waals surface area contributed by atoms with Crippen LogP contribution in [0.25, 0.3) is 0 Å². The second kappa shape index (κ2) is 23.8. The first kappa shape index (κ1) is 42.8. The maximum Gasteiger partial charge on any atom is 0.326 e. The van der Waals surface area contributed by atoms with E-state index in [2.05, 4.69) is 16.0 Å². The van der Waals surface area contributed by atoms with Crippen LogP contribution in [0.3, 0.4) is 0 Å². The van der Waals surface area contributed by atoms with Gasteiger partial charge in [-0.15, -0.1) is 0 Å². The van der Waals surface area contributed by atoms with Crippen molar-refractivity contribution in [3.63, 3.8) is 0 Å². The quantitative estimate of drug-likeness (QED) is 0.0826. The highest BCUT2D eigenvalue weighted by atomic mass is 27.0. The van der Waals surface area contributed by atoms with Crippen LogP contribution in [0, 0.1) is 0 Å². The molecule has 0 aliphatic rings. The van der Waals surface area contributed by atoms with Gasteiger partial charge in [0.2, 0.25) is 35.4 Å². The van der Waals surface area contributed by atoms with E-state index in [1.54, 1.807) is 0 Å². The van der Waals surface area contributed by atoms with Gasteiger partial charge in [0.25, 0.3) is 0 Å². The molecule has 19 heteroatoms. The molecule has 0 aromatic rings. The number of carboxylic acid groups (broad SMARTS) is 3. The lowest BCUT2D eigenvalue weighted by Gasteiger charge is -2.11. The highest BCUT2D eigenvalue weighted by molar-refractivity contribution is 5.84. The molecule has 3 atom stereocenters. The Hall–Kier alpha value is -4.24. The predicted molar refractivity (Wildman–Crippen MR) is 137 cm³/mol. The molecule has 0 heterocycles. The van der Waals surface area contributed by atoms with Gasteiger partial charge in [-0.2, -0.15) is 0 Å². The fraction of sp³-hybridized carbons (Fsp3) is 0.571. The van der Waals surface area contributed by atoms with Crippen LogP contribution in [0.2, 0.25) is 0 Å². The second-order valence-electron chi connectivity index (χ2n) is 7.79. The van der Waals surface area contributed by atoms with Gasteiger partial charge in [-0.25, -0.2) is 14.4 Å². The lowest BCUT2D eigenvalue weighted by atomic mass is 10.1. The molecule has 0 spiro atoms. The van der Waals surface area contributed by atoms with Gasteiger partial charge in [0.15, 0.2) is 0 Å². The molecule has 0 aliphatic heterocycles. The molecular formula is C21H36AlN6O12. The van der Waals surface area contributed by atoms with Crippen LogP contribution < -0.4 is 33.2 Å². The molecule has 0 bridgehead atoms. The van der Waals surface area contributed by atoms with Crippen molar-refractivity contribution in [3.05, 3.63) is 0 Å². The number of rotatable bonds is 15. The van der Waals surface area contributed by atoms with E-state index in [9.17, 15) is 43.2 Å². The molecule has 0 rings (SSSR count). The molecule has 40 heavy (non-hydrogen) atoms. The smallest absolute Gasteiger partial charge is 0.326 e. The zero-order valence-corrected chi connectivity index (χ0v) is 23.5. The van der Waals surface area contributed by atoms with Gasteiger partial charge >= 0.3 is 17.9 Å². The standard InChI is InChI=1S/3C7H12N2O4.Al/c3*1-4(10)9-5(7(12)13)2-3-6(8)11;/h3*5H,2-3H2,1H3,(H2,8,11)(H,9,10)(H,12,13);/t3*5-;/m000./s1. The summed E-state index contributed by atoms with van der Waals surface area (Å²) in [6, 6.07) is -3.11. The molecule has 0 aromatic carbocycles. The van der Waals surface area contributed by atoms with Crippen molar-refractivity contribution >= 4 is 70.7 Å². The lowest BCUT2D eigenvalue weighted by molar-refractivity contribution is -0.142. The third kappa shape index (κ3) is 30.0. The Balaban J connectivity index is -0.000000240. The molecule has 3 radical (unpaired) electrons. The van der Waals surface area contributed by atoms with E-state index in [1.165, 1.54) is 20.8 Å². The number of hydrogen-bond acceptors (Lipinski definition) is 9. The fourth-order valence-corrected chi connectivity index (χ4v) is 2.37. The van der Waals surface area contributed by atoms with Crippen molar-refractivity contribution in [2.24, 2.45) is 17.2 Å². The van der Waals surface area contributed by atoms with Crippen molar-refractivity contribution < 1.29 is 58.5 Å². The Morgan fingerprint density at radius 2 is 0.675 bits per heavy atom. The highest BCUT2D eigenvalue weighted by Gasteiger charge is 2.20. The maximum atomic E-state index is 10.5. The Morgan fingerprint density at radius 1 is 0.500 bits per heavy atom. The Kier molecular flexibility index (Phi) is 25.5. The van der Waals surface area contributed by atoms with E-state index in [1.807, 2.05) is 0 Å². The number of aliphatic carboxylic acids is 3. The van der Waals surface area contributed by atoms with Gasteiger partial charge < -0.3 is 48.5 Å². The van der Waals surface area contributed by atoms with E-state index in [4.69, 9.17) is 32.5 Å². The molecule has 0 fully saturated rings. The largest absolute Gasteiger partial charge is 0.480 e. The van der Waals surface area contributed by atoms with Crippen molar-refractivity contribution in [1.82, 2.24) is 16.0 Å². The number of carbonyl (C=O) groups is 9. The molecule has 12 N–H and O–H groups in total. The summed E-state index contributed by atoms with van der Waals surface area (Å²) in [7, 11) is 0. The van der Waals surface area contributed by atoms with E-state index < -0.39 is 71.5 Å². The zero-order valence-electron chi connectivity index (χ0n) is 22.3. The van der Waals surface area contributed by atoms with Gasteiger partial charge in [-0.1, -0.05) is 0 Å². The maximum absolute atomic E-state index is 10.5. The van der Waals surface area contributed by atoms with Crippen molar-refractivity contribution in [1.29, 1.82) is 0 Å². The van der Waals surface area contributed by atoms with Crippen LogP contribution in [0.4, 0.5) is 0 Å². The first-order valence-electron chi connectivity index (χ1n) is 11.1. The molecule has 225 valence electrons. The number of carbonyl (C=O) groups excluding carboxylic acids is 6. The van der Waals surface area contributed by atoms with E-state index in [0.717, 1.165) is 0 Å². The average molecular weight is 592 g/mol. The molecule has 0 unspecified atom stereocenters. The fourth-order valence-electron chi connectivity index (χ4n) is 2.37. The monoisotopic (exact) mass is 591 g/mol. The van der Waals surface area contributed by atoms with Crippen LogP contribution in [0.5, 0.6) is 0 Å². The Labute approximate surface area is 239 Å². The molecule has 0 saturated carbocycles. The topological polar surface area (TPSA) is 328 Å². The normalized spacial score (nSPS) is 11.5. The van der Waals surface area contributed by atoms with Crippen molar-refractivity contribution in [2.75, 3.05) is 0 Å². The number of primary amides is 3. The number of carboxylic acids is 3. The summed E-state index contributed by atoms with van der Waals surface area (Å²) in [6.45, 7) is 3.63. The summed E-state index contributed by atoms with van der Waals surface area (Å²) in [5, 5.41) is 32.3. The van der Waals surface area contributed by atoms with Crippen LogP contribution in [0.1, 0.15) is 59.3 Å². The number of amides is 6. The molecule has 0 aliphatic carbocycles. The van der Waals surface area contributed by atoms with Crippen molar-refractivity contribution in [2.45, 2.75) is 77.4 Å². The molecular weight excluding hydrogens is 555 g/mol. The van der Waals surface area contributed by atoms with Gasteiger partial charge in [0.05, 0.1) is 0 Å². The summed E-state index contributed by atoms with van der Waals surface area (Å²) < 4.78 is 0. The number of nitrogens with one attached hydrogen (secondary N) is 3. The number of hydrogen-bond donors (Lipinski definition) is 9. The van der Waals surface area contributed by atoms with Crippen LogP contribution in [0.15, 0.2) is 0 Å². The summed E-state index contributed by atoms with van der Waals surface area (Å²) in [6.07, 6.45) is -0.121. The first-order chi connectivity index (χ1) is 17.8. The van der Waals surface area contributed by atoms with Crippen LogP contribution in [-0.2, 0) is 43.2 Å². The van der Waals surface area contributed by atoms with Gasteiger partial charge in [0.1, 0.15) is 18.1 Å². The SMILES string of the molecule is CC(=O)N[C@@H](CCC(N)=O)C(=O)O.CC(=O)N[C@@H](CCC(N)=O)C(=O)O.CC(=O)N[C@@H](CCC(N)=O)C(=O)O.[Al]. The molecule has 0 aromatic heterocycles. The summed E-state index contributed by atoms with van der Waals surface area (Å²) in [4.78, 5) is 94.0. The van der Waals surface area contributed by atoms with Crippen LogP contribution in [-0.4, -0.2) is 104 Å². The summed E-state index contributed by atoms with van der Waals surface area (Å²) >= 11 is 0. The third-order valence-electron chi connectivity index (χ3n) is 4.07. The van der Waals surface area contributed by atoms with Crippen LogP contribution >= 0.6 is 0 Å². The third-order valence-corrected chi connectivity index (χ3v) is 4.07. The second-order valence-corrected chi connectivity index (χ2v) is 7.79. The lowest BCUT2D eigenvalue weighted by Crippen LogP contribution is -2.40. The number of nitrogens with two attached hydrogens (primary N) is 3. The minimum Gasteiger partial charge on any atom is -0.480 e. The first-order valence-corrected chi connectivity index (χ1v) is 11.1. The van der Waals surface area contributed by atoms with E-state index >= 15 is 0 Å². The predicted octanol–water partition coefficient (Wildman–Crippen LogP) is -3.86. The summed E-state index contributed by atoms with van der Waals surface area (Å²) in [5.41, 5.74) is 14.5. The molecule has 0 saturated heterocycles. The van der Waals surface area contributed by atoms with Gasteiger partial charge in [-0.05, 0) is 19.3 Å². The van der Waals surface area contributed by atoms with E-state index in [0.29, 0.717) is 0 Å². The highest BCUT2D eigenvalue weighted by Crippen LogP contribution is 1.98. The summed E-state index contributed by atoms with van der Waals surface area (Å²) in [5.74, 6) is -6.61. The van der Waals surface area contributed by atoms with Gasteiger partial charge in [-0.3, -0.25) is 28.8 Å².